The molecule has 5 rings (SSSR count). The molecule has 200 valence electrons. The molecule has 39 heavy (non-hydrogen) atoms. The topological polar surface area (TPSA) is 111 Å². The van der Waals surface area contributed by atoms with Crippen molar-refractivity contribution in [3.05, 3.63) is 84.2 Å². The number of carbonyl (C=O) groups is 1. The van der Waals surface area contributed by atoms with Gasteiger partial charge in [-0.1, -0.05) is 56.3 Å². The number of benzene rings is 3. The normalized spacial score (nSPS) is 14.5. The average Bonchev–Trinajstić information content (AvgIpc) is 3.50. The van der Waals surface area contributed by atoms with Gasteiger partial charge in [0, 0.05) is 6.08 Å². The molecule has 0 bridgehead atoms. The lowest BCUT2D eigenvalue weighted by Crippen LogP contribution is -2.24. The molecule has 1 atom stereocenters. The van der Waals surface area contributed by atoms with Crippen LogP contribution in [0.25, 0.3) is 17.2 Å². The van der Waals surface area contributed by atoms with E-state index in [1.807, 2.05) is 48.5 Å². The minimum atomic E-state index is -0.513. The summed E-state index contributed by atoms with van der Waals surface area (Å²) >= 11 is 0. The van der Waals surface area contributed by atoms with Crippen LogP contribution in [0.1, 0.15) is 44.2 Å². The summed E-state index contributed by atoms with van der Waals surface area (Å²) in [5.74, 6) is 2.57. The van der Waals surface area contributed by atoms with Crippen LogP contribution in [-0.2, 0) is 4.79 Å². The highest BCUT2D eigenvalue weighted by Gasteiger charge is 2.27. The van der Waals surface area contributed by atoms with Crippen molar-refractivity contribution in [3.63, 3.8) is 0 Å². The molecule has 3 aromatic carbocycles. The fourth-order valence-corrected chi connectivity index (χ4v) is 4.29. The number of fused-ring (bicyclic) bond motifs is 1. The second kappa shape index (κ2) is 12.3. The highest BCUT2D eigenvalue weighted by atomic mass is 16.6. The van der Waals surface area contributed by atoms with Gasteiger partial charge in [0.15, 0.2) is 23.4 Å². The third-order valence-electron chi connectivity index (χ3n) is 6.27. The van der Waals surface area contributed by atoms with Crippen molar-refractivity contribution in [2.75, 3.05) is 18.5 Å². The van der Waals surface area contributed by atoms with Gasteiger partial charge in [-0.2, -0.15) is 0 Å². The van der Waals surface area contributed by atoms with Gasteiger partial charge in [-0.25, -0.2) is 5.10 Å². The van der Waals surface area contributed by atoms with Crippen molar-refractivity contribution >= 4 is 17.7 Å². The Kier molecular flexibility index (Phi) is 8.16. The molecule has 9 nitrogen and oxygen atoms in total. The van der Waals surface area contributed by atoms with Crippen molar-refractivity contribution in [2.24, 2.45) is 5.92 Å². The van der Waals surface area contributed by atoms with E-state index in [0.29, 0.717) is 35.5 Å². The summed E-state index contributed by atoms with van der Waals surface area (Å²) in [4.78, 5) is 13.0. The number of rotatable bonds is 10. The third-order valence-corrected chi connectivity index (χ3v) is 6.27. The Morgan fingerprint density at radius 1 is 1.15 bits per heavy atom. The molecule has 1 amide bonds. The number of aromatic nitrogens is 4. The molecular formula is C30H31N5O4. The zero-order valence-corrected chi connectivity index (χ0v) is 22.0. The van der Waals surface area contributed by atoms with Crippen LogP contribution in [0.15, 0.2) is 72.8 Å². The van der Waals surface area contributed by atoms with Crippen LogP contribution in [0, 0.1) is 5.92 Å². The maximum Gasteiger partial charge on any atom is 0.248 e. The Balaban J connectivity index is 1.32. The smallest absolute Gasteiger partial charge is 0.248 e. The Morgan fingerprint density at radius 3 is 2.82 bits per heavy atom. The zero-order chi connectivity index (χ0) is 27.0. The minimum absolute atomic E-state index is 0.251. The molecule has 4 aromatic rings. The maximum absolute atomic E-state index is 13.0. The number of anilines is 1. The molecule has 0 fully saturated rings. The number of para-hydroxylation sites is 1. The average molecular weight is 526 g/mol. The van der Waals surface area contributed by atoms with Gasteiger partial charge in [0.05, 0.1) is 12.3 Å². The SMILES string of the molecule is CC(C)CCCOc1ccc(C=CC(=O)Nc2cccc3c2OC(c2nnn[nH]2)CO3)c(-c2ccccc2)c1. The summed E-state index contributed by atoms with van der Waals surface area (Å²) in [5, 5.41) is 16.7. The first-order valence-corrected chi connectivity index (χ1v) is 13.0. The molecule has 0 radical (unpaired) electrons. The molecule has 2 N–H and O–H groups in total. The van der Waals surface area contributed by atoms with Crippen LogP contribution in [0.4, 0.5) is 5.69 Å². The number of carbonyl (C=O) groups excluding carboxylic acids is 1. The highest BCUT2D eigenvalue weighted by molar-refractivity contribution is 6.03. The number of aromatic amines is 1. The van der Waals surface area contributed by atoms with Gasteiger partial charge in [-0.05, 0) is 76.2 Å². The Hall–Kier alpha value is -4.66. The van der Waals surface area contributed by atoms with Crippen LogP contribution in [0.5, 0.6) is 17.2 Å². The highest BCUT2D eigenvalue weighted by Crippen LogP contribution is 2.41. The van der Waals surface area contributed by atoms with Crippen molar-refractivity contribution in [1.29, 1.82) is 0 Å². The van der Waals surface area contributed by atoms with E-state index in [1.165, 1.54) is 6.08 Å². The second-order valence-corrected chi connectivity index (χ2v) is 9.66. The van der Waals surface area contributed by atoms with Crippen molar-refractivity contribution < 1.29 is 19.0 Å². The molecule has 0 aliphatic carbocycles. The predicted octanol–water partition coefficient (Wildman–Crippen LogP) is 5.85. The molecule has 1 aliphatic rings. The molecule has 1 aliphatic heterocycles. The molecule has 0 saturated carbocycles. The van der Waals surface area contributed by atoms with Gasteiger partial charge in [0.2, 0.25) is 5.91 Å². The molecule has 2 heterocycles. The van der Waals surface area contributed by atoms with E-state index in [-0.39, 0.29) is 12.5 Å². The molecule has 9 heteroatoms. The molecule has 1 aromatic heterocycles. The van der Waals surface area contributed by atoms with Gasteiger partial charge in [0.1, 0.15) is 12.4 Å². The van der Waals surface area contributed by atoms with E-state index in [4.69, 9.17) is 14.2 Å². The largest absolute Gasteiger partial charge is 0.494 e. The van der Waals surface area contributed by atoms with Gasteiger partial charge in [0.25, 0.3) is 0 Å². The number of hydrogen-bond acceptors (Lipinski definition) is 7. The van der Waals surface area contributed by atoms with E-state index >= 15 is 0 Å². The number of nitrogens with one attached hydrogen (secondary N) is 2. The fourth-order valence-electron chi connectivity index (χ4n) is 4.29. The number of H-pyrrole nitrogens is 1. The Labute approximate surface area is 227 Å². The minimum Gasteiger partial charge on any atom is -0.494 e. The first-order chi connectivity index (χ1) is 19.1. The van der Waals surface area contributed by atoms with Crippen LogP contribution in [0.3, 0.4) is 0 Å². The van der Waals surface area contributed by atoms with Gasteiger partial charge >= 0.3 is 0 Å². The lowest BCUT2D eigenvalue weighted by molar-refractivity contribution is -0.111. The van der Waals surface area contributed by atoms with Crippen molar-refractivity contribution in [2.45, 2.75) is 32.8 Å². The lowest BCUT2D eigenvalue weighted by atomic mass is 9.99. The summed E-state index contributed by atoms with van der Waals surface area (Å²) in [6, 6.07) is 21.3. The molecule has 1 unspecified atom stereocenters. The molecule has 0 saturated heterocycles. The van der Waals surface area contributed by atoms with Crippen LogP contribution >= 0.6 is 0 Å². The summed E-state index contributed by atoms with van der Waals surface area (Å²) in [6.45, 7) is 5.35. The van der Waals surface area contributed by atoms with E-state index in [0.717, 1.165) is 35.3 Å². The fraction of sp³-hybridized carbons (Fsp3) is 0.267. The Morgan fingerprint density at radius 2 is 2.03 bits per heavy atom. The quantitative estimate of drug-likeness (QED) is 0.197. The number of amides is 1. The first-order valence-electron chi connectivity index (χ1n) is 13.0. The van der Waals surface area contributed by atoms with Crippen LogP contribution < -0.4 is 19.5 Å². The standard InChI is InChI=1S/C30H31N5O4/c1-20(2)8-7-17-37-23-15-13-22(24(18-23)21-9-4-3-5-10-21)14-16-28(36)31-25-11-6-12-26-29(25)39-27(19-38-26)30-32-34-35-33-30/h3-6,9-16,18,20,27H,7-8,17,19H2,1-2H3,(H,31,36)(H,32,33,34,35). The summed E-state index contributed by atoms with van der Waals surface area (Å²) < 4.78 is 17.9. The number of ether oxygens (including phenoxy) is 3. The van der Waals surface area contributed by atoms with Gasteiger partial charge < -0.3 is 19.5 Å². The number of tetrazole rings is 1. The van der Waals surface area contributed by atoms with Crippen molar-refractivity contribution in [1.82, 2.24) is 20.6 Å². The first kappa shape index (κ1) is 26.0. The molecule has 0 spiro atoms. The van der Waals surface area contributed by atoms with E-state index in [1.54, 1.807) is 24.3 Å². The van der Waals surface area contributed by atoms with Crippen LogP contribution in [0.2, 0.25) is 0 Å². The Bertz CT molecular complexity index is 1420. The van der Waals surface area contributed by atoms with Gasteiger partial charge in [-0.15, -0.1) is 5.10 Å². The summed E-state index contributed by atoms with van der Waals surface area (Å²) in [6.07, 6.45) is 4.93. The van der Waals surface area contributed by atoms with Crippen molar-refractivity contribution in [3.8, 4) is 28.4 Å². The number of nitrogens with zero attached hydrogens (tertiary/aromatic N) is 3. The molecular weight excluding hydrogens is 494 g/mol. The van der Waals surface area contributed by atoms with Crippen LogP contribution in [-0.4, -0.2) is 39.7 Å². The van der Waals surface area contributed by atoms with E-state index in [2.05, 4.69) is 39.8 Å². The lowest BCUT2D eigenvalue weighted by Gasteiger charge is -2.26. The second-order valence-electron chi connectivity index (χ2n) is 9.66. The third kappa shape index (κ3) is 6.62. The maximum atomic E-state index is 13.0. The summed E-state index contributed by atoms with van der Waals surface area (Å²) in [5.41, 5.74) is 3.42. The summed E-state index contributed by atoms with van der Waals surface area (Å²) in [7, 11) is 0. The zero-order valence-electron chi connectivity index (χ0n) is 22.0. The predicted molar refractivity (Wildman–Crippen MR) is 149 cm³/mol. The number of hydrogen-bond donors (Lipinski definition) is 2. The van der Waals surface area contributed by atoms with E-state index in [9.17, 15) is 4.79 Å². The van der Waals surface area contributed by atoms with E-state index < -0.39 is 6.10 Å². The van der Waals surface area contributed by atoms with Gasteiger partial charge in [-0.3, -0.25) is 4.79 Å². The monoisotopic (exact) mass is 525 g/mol.